The summed E-state index contributed by atoms with van der Waals surface area (Å²) < 4.78 is 5.56. The molecule has 7 atom stereocenters. The van der Waals surface area contributed by atoms with Crippen molar-refractivity contribution < 1.29 is 38.3 Å². The second-order valence-electron chi connectivity index (χ2n) is 17.4. The molecule has 0 aromatic heterocycles. The van der Waals surface area contributed by atoms with Crippen LogP contribution in [-0.2, 0) is 33.5 Å². The number of carbonyl (C=O) groups is 7. The molecule has 1 saturated heterocycles. The molecule has 302 valence electrons. The quantitative estimate of drug-likeness (QED) is 0.208. The van der Waals surface area contributed by atoms with Gasteiger partial charge in [0, 0.05) is 20.6 Å². The molecule has 1 aromatic carbocycles. The number of nitrogens with one attached hydrogen (secondary N) is 4. The van der Waals surface area contributed by atoms with E-state index in [1.165, 1.54) is 4.90 Å². The van der Waals surface area contributed by atoms with Gasteiger partial charge in [0.15, 0.2) is 0 Å². The van der Waals surface area contributed by atoms with E-state index in [2.05, 4.69) is 28.2 Å². The third-order valence-electron chi connectivity index (χ3n) is 11.4. The lowest BCUT2D eigenvalue weighted by Gasteiger charge is -2.36. The molecule has 14 heteroatoms. The molecule has 4 N–H and O–H groups in total. The van der Waals surface area contributed by atoms with Crippen LogP contribution in [0, 0.1) is 29.6 Å². The summed E-state index contributed by atoms with van der Waals surface area (Å²) in [5.74, 6) is -3.40. The van der Waals surface area contributed by atoms with E-state index < -0.39 is 65.9 Å². The molecule has 5 rings (SSSR count). The van der Waals surface area contributed by atoms with Gasteiger partial charge in [0.05, 0.1) is 12.6 Å². The fourth-order valence-corrected chi connectivity index (χ4v) is 8.65. The third kappa shape index (κ3) is 11.1. The van der Waals surface area contributed by atoms with Crippen LogP contribution in [0.2, 0.25) is 0 Å². The average Bonchev–Trinajstić information content (AvgIpc) is 3.79. The number of likely N-dealkylation sites (N-methyl/N-ethyl adjacent to an activating group) is 1. The second kappa shape index (κ2) is 18.0. The number of ether oxygens (including phenoxy) is 1. The minimum absolute atomic E-state index is 0.0849. The van der Waals surface area contributed by atoms with E-state index in [0.29, 0.717) is 18.0 Å². The number of likely N-dealkylation sites (tertiary alicyclic amines) is 1. The average molecular weight is 765 g/mol. The lowest BCUT2D eigenvalue weighted by molar-refractivity contribution is -0.144. The highest BCUT2D eigenvalue weighted by Gasteiger charge is 2.53. The Bertz CT molecular complexity index is 1580. The molecule has 6 amide bonds. The summed E-state index contributed by atoms with van der Waals surface area (Å²) in [6.07, 6.45) is 7.35. The largest absolute Gasteiger partial charge is 0.444 e. The highest BCUT2D eigenvalue weighted by Crippen LogP contribution is 2.46. The summed E-state index contributed by atoms with van der Waals surface area (Å²) in [4.78, 5) is 97.8. The number of ketones is 1. The van der Waals surface area contributed by atoms with Crippen LogP contribution in [0.4, 0.5) is 4.79 Å². The first-order valence-corrected chi connectivity index (χ1v) is 20.0. The summed E-state index contributed by atoms with van der Waals surface area (Å²) in [7, 11) is 3.15. The zero-order valence-corrected chi connectivity index (χ0v) is 33.2. The molecule has 0 bridgehead atoms. The molecule has 4 fully saturated rings. The van der Waals surface area contributed by atoms with E-state index >= 15 is 0 Å². The number of Topliss-reactive ketones (excluding diaryl/α,β-unsaturated/α-hetero) is 1. The molecular formula is C41H60N6O8. The van der Waals surface area contributed by atoms with Crippen LogP contribution in [0.25, 0.3) is 0 Å². The summed E-state index contributed by atoms with van der Waals surface area (Å²) in [6, 6.07) is 4.82. The van der Waals surface area contributed by atoms with Crippen molar-refractivity contribution >= 4 is 41.4 Å². The molecule has 1 heterocycles. The third-order valence-corrected chi connectivity index (χ3v) is 11.4. The molecule has 4 aliphatic rings. The van der Waals surface area contributed by atoms with Gasteiger partial charge in [0.25, 0.3) is 5.91 Å². The maximum Gasteiger partial charge on any atom is 0.408 e. The van der Waals surface area contributed by atoms with Crippen molar-refractivity contribution in [3.8, 4) is 0 Å². The number of rotatable bonds is 14. The number of nitrogens with zero attached hydrogens (tertiary/aromatic N) is 2. The second-order valence-corrected chi connectivity index (χ2v) is 17.4. The molecule has 55 heavy (non-hydrogen) atoms. The summed E-state index contributed by atoms with van der Waals surface area (Å²) in [5.41, 5.74) is -0.198. The highest BCUT2D eigenvalue weighted by atomic mass is 16.6. The Hall–Kier alpha value is -4.49. The van der Waals surface area contributed by atoms with Gasteiger partial charge in [0.1, 0.15) is 23.7 Å². The van der Waals surface area contributed by atoms with E-state index in [9.17, 15) is 33.6 Å². The van der Waals surface area contributed by atoms with Crippen LogP contribution in [0.15, 0.2) is 30.3 Å². The van der Waals surface area contributed by atoms with Crippen LogP contribution in [0.1, 0.15) is 104 Å². The molecule has 1 aliphatic heterocycles. The predicted molar refractivity (Wildman–Crippen MR) is 204 cm³/mol. The first-order valence-electron chi connectivity index (χ1n) is 20.0. The van der Waals surface area contributed by atoms with Crippen molar-refractivity contribution in [2.75, 3.05) is 27.2 Å². The normalized spacial score (nSPS) is 24.1. The molecule has 0 spiro atoms. The molecule has 3 saturated carbocycles. The van der Waals surface area contributed by atoms with Gasteiger partial charge in [-0.05, 0) is 88.0 Å². The summed E-state index contributed by atoms with van der Waals surface area (Å²) in [6.45, 7) is 7.22. The SMILES string of the molecule is CC1C[C@H]2CN(C(=O)[C@@H](NC(=O)OC(C)(C)C)C3CCCCC3)[C@H](C(=O)NC(CC3CC3)C(=O)C(=O)NCC(=O)N[C@H](C(=O)N(C)C)c3ccccc3)[C@H]2C1. The Morgan fingerprint density at radius 3 is 2.18 bits per heavy atom. The Morgan fingerprint density at radius 2 is 1.56 bits per heavy atom. The van der Waals surface area contributed by atoms with Crippen LogP contribution in [0.5, 0.6) is 0 Å². The lowest BCUT2D eigenvalue weighted by atomic mass is 9.83. The van der Waals surface area contributed by atoms with E-state index in [4.69, 9.17) is 4.74 Å². The van der Waals surface area contributed by atoms with Gasteiger partial charge in [0.2, 0.25) is 29.4 Å². The van der Waals surface area contributed by atoms with Crippen molar-refractivity contribution in [2.45, 2.75) is 122 Å². The standard InChI is InChI=1S/C41H60N6O8/c1-24-19-28-23-47(39(53)33(27-15-11-8-12-16-27)45-40(54)55-41(2,3)4)34(29(28)20-24)36(50)43-30(21-25-17-18-25)35(49)37(51)42-22-31(48)44-32(38(52)46(5)6)26-13-9-7-10-14-26/h7,9-10,13-14,24-25,27-30,32-34H,8,11-12,15-23H2,1-6H3,(H,42,51)(H,43,50)(H,44,48)(H,45,54)/t24?,28-,29-,30?,32-,33-,34-/m0/s1. The molecule has 14 nitrogen and oxygen atoms in total. The van der Waals surface area contributed by atoms with Gasteiger partial charge in [-0.3, -0.25) is 28.8 Å². The van der Waals surface area contributed by atoms with Crippen molar-refractivity contribution in [3.05, 3.63) is 35.9 Å². The van der Waals surface area contributed by atoms with Gasteiger partial charge in [-0.2, -0.15) is 0 Å². The van der Waals surface area contributed by atoms with Crippen LogP contribution < -0.4 is 21.3 Å². The number of alkyl carbamates (subject to hydrolysis) is 1. The maximum absolute atomic E-state index is 14.6. The van der Waals surface area contributed by atoms with Gasteiger partial charge in [-0.1, -0.05) is 69.4 Å². The van der Waals surface area contributed by atoms with E-state index in [-0.39, 0.29) is 41.9 Å². The molecule has 1 aromatic rings. The highest BCUT2D eigenvalue weighted by molar-refractivity contribution is 6.38. The Labute approximate surface area is 324 Å². The minimum atomic E-state index is -1.15. The summed E-state index contributed by atoms with van der Waals surface area (Å²) >= 11 is 0. The maximum atomic E-state index is 14.6. The van der Waals surface area contributed by atoms with Crippen molar-refractivity contribution in [3.63, 3.8) is 0 Å². The minimum Gasteiger partial charge on any atom is -0.444 e. The van der Waals surface area contributed by atoms with Crippen molar-refractivity contribution in [2.24, 2.45) is 29.6 Å². The van der Waals surface area contributed by atoms with Crippen molar-refractivity contribution in [1.82, 2.24) is 31.1 Å². The fraction of sp³-hybridized carbons (Fsp3) is 0.683. The Balaban J connectivity index is 1.29. The Morgan fingerprint density at radius 1 is 0.891 bits per heavy atom. The smallest absolute Gasteiger partial charge is 0.408 e. The molecule has 3 aliphatic carbocycles. The van der Waals surface area contributed by atoms with Gasteiger partial charge in [-0.15, -0.1) is 0 Å². The molecule has 0 radical (unpaired) electrons. The predicted octanol–water partition coefficient (Wildman–Crippen LogP) is 3.25. The molecule has 2 unspecified atom stereocenters. The van der Waals surface area contributed by atoms with Crippen LogP contribution in [0.3, 0.4) is 0 Å². The van der Waals surface area contributed by atoms with Gasteiger partial charge in [-0.25, -0.2) is 4.79 Å². The van der Waals surface area contributed by atoms with E-state index in [1.54, 1.807) is 70.1 Å². The fourth-order valence-electron chi connectivity index (χ4n) is 8.65. The van der Waals surface area contributed by atoms with E-state index in [1.807, 2.05) is 0 Å². The van der Waals surface area contributed by atoms with Crippen LogP contribution in [-0.4, -0.2) is 102 Å². The Kier molecular flexibility index (Phi) is 13.6. The van der Waals surface area contributed by atoms with E-state index in [0.717, 1.165) is 57.8 Å². The number of benzene rings is 1. The first kappa shape index (κ1) is 41.7. The number of hydrogen-bond donors (Lipinski definition) is 4. The number of carbonyl (C=O) groups excluding carboxylic acids is 7. The van der Waals surface area contributed by atoms with Crippen molar-refractivity contribution in [1.29, 1.82) is 0 Å². The zero-order valence-electron chi connectivity index (χ0n) is 33.2. The van der Waals surface area contributed by atoms with Crippen LogP contribution >= 0.6 is 0 Å². The monoisotopic (exact) mass is 764 g/mol. The molecular weight excluding hydrogens is 704 g/mol. The zero-order chi connectivity index (χ0) is 40.0. The van der Waals surface area contributed by atoms with Gasteiger partial charge >= 0.3 is 6.09 Å². The topological polar surface area (TPSA) is 183 Å². The van der Waals surface area contributed by atoms with Gasteiger partial charge < -0.3 is 35.8 Å². The number of amides is 6. The lowest BCUT2D eigenvalue weighted by Crippen LogP contribution is -2.59. The number of hydrogen-bond acceptors (Lipinski definition) is 8. The summed E-state index contributed by atoms with van der Waals surface area (Å²) in [5, 5.41) is 10.8. The first-order chi connectivity index (χ1) is 26.0. The number of fused-ring (bicyclic) bond motifs is 1.